The van der Waals surface area contributed by atoms with Gasteiger partial charge in [0.05, 0.1) is 25.1 Å². The maximum Gasteiger partial charge on any atom is 0.244 e. The molecule has 31 heavy (non-hydrogen) atoms. The molecule has 0 saturated heterocycles. The number of carbonyl (C=O) groups excluding carboxylic acids is 1. The molecule has 0 heterocycles. The Kier molecular flexibility index (Phi) is 8.33. The fourth-order valence-corrected chi connectivity index (χ4v) is 4.61. The lowest BCUT2D eigenvalue weighted by molar-refractivity contribution is -0.123. The first-order valence-electron chi connectivity index (χ1n) is 10.2. The maximum atomic E-state index is 13.0. The molecule has 0 saturated carbocycles. The molecule has 2 aromatic rings. The highest BCUT2D eigenvalue weighted by atomic mass is 32.2. The van der Waals surface area contributed by atoms with Gasteiger partial charge in [0, 0.05) is 0 Å². The van der Waals surface area contributed by atoms with Crippen molar-refractivity contribution in [2.75, 3.05) is 24.3 Å². The molecule has 1 amide bonds. The van der Waals surface area contributed by atoms with Crippen molar-refractivity contribution in [3.05, 3.63) is 53.6 Å². The minimum Gasteiger partial charge on any atom is -0.497 e. The minimum atomic E-state index is -3.68. The number of hydrogen-bond acceptors (Lipinski definition) is 5. The zero-order chi connectivity index (χ0) is 23.2. The smallest absolute Gasteiger partial charge is 0.244 e. The van der Waals surface area contributed by atoms with Crippen LogP contribution in [0.4, 0.5) is 5.69 Å². The zero-order valence-electron chi connectivity index (χ0n) is 19.0. The van der Waals surface area contributed by atoms with Crippen LogP contribution in [-0.4, -0.2) is 46.4 Å². The van der Waals surface area contributed by atoms with E-state index in [-0.39, 0.29) is 18.6 Å². The lowest BCUT2D eigenvalue weighted by Crippen LogP contribution is -2.52. The van der Waals surface area contributed by atoms with E-state index in [9.17, 15) is 13.2 Å². The zero-order valence-corrected chi connectivity index (χ0v) is 19.8. The van der Waals surface area contributed by atoms with Gasteiger partial charge in [-0.15, -0.1) is 0 Å². The number of nitrogens with one attached hydrogen (secondary N) is 1. The van der Waals surface area contributed by atoms with Gasteiger partial charge in [-0.05, 0) is 74.7 Å². The summed E-state index contributed by atoms with van der Waals surface area (Å²) in [5, 5.41) is 2.88. The van der Waals surface area contributed by atoms with Gasteiger partial charge < -0.3 is 14.8 Å². The molecule has 0 bridgehead atoms. The van der Waals surface area contributed by atoms with Crippen LogP contribution in [0.1, 0.15) is 31.4 Å². The number of rotatable bonds is 10. The van der Waals surface area contributed by atoms with Crippen LogP contribution in [0, 0.1) is 13.8 Å². The van der Waals surface area contributed by atoms with Gasteiger partial charge in [-0.1, -0.05) is 13.0 Å². The summed E-state index contributed by atoms with van der Waals surface area (Å²) in [5.74, 6) is 1.02. The van der Waals surface area contributed by atoms with Crippen molar-refractivity contribution in [1.82, 2.24) is 5.32 Å². The van der Waals surface area contributed by atoms with Gasteiger partial charge in [0.2, 0.25) is 15.9 Å². The second-order valence-electron chi connectivity index (χ2n) is 7.72. The fourth-order valence-electron chi connectivity index (χ4n) is 3.41. The third-order valence-corrected chi connectivity index (χ3v) is 5.92. The van der Waals surface area contributed by atoms with Crippen LogP contribution in [0.25, 0.3) is 0 Å². The summed E-state index contributed by atoms with van der Waals surface area (Å²) in [5.41, 5.74) is 2.35. The Bertz CT molecular complexity index is 969. The number of amides is 1. The molecular formula is C23H32N2O5S. The predicted molar refractivity (Wildman–Crippen MR) is 123 cm³/mol. The summed E-state index contributed by atoms with van der Waals surface area (Å²) < 4.78 is 37.3. The molecule has 7 nitrogen and oxygen atoms in total. The molecule has 0 fully saturated rings. The van der Waals surface area contributed by atoms with Crippen LogP contribution >= 0.6 is 0 Å². The van der Waals surface area contributed by atoms with Crippen LogP contribution < -0.4 is 19.1 Å². The Morgan fingerprint density at radius 3 is 2.10 bits per heavy atom. The standard InChI is InChI=1S/C23H32N2O5S/c1-7-22(25(31(6,27)28)19-13-16(2)12-17(3)14-19)23(26)24-18(4)15-30-21-10-8-20(29-5)9-11-21/h8-14,18,22H,7,15H2,1-6H3,(H,24,26)/t18-,22-/m1/s1. The third-order valence-electron chi connectivity index (χ3n) is 4.74. The van der Waals surface area contributed by atoms with Gasteiger partial charge in [-0.2, -0.15) is 0 Å². The van der Waals surface area contributed by atoms with Gasteiger partial charge in [0.1, 0.15) is 24.1 Å². The van der Waals surface area contributed by atoms with Crippen LogP contribution in [0.3, 0.4) is 0 Å². The monoisotopic (exact) mass is 448 g/mol. The maximum absolute atomic E-state index is 13.0. The summed E-state index contributed by atoms with van der Waals surface area (Å²) in [6, 6.07) is 11.5. The fraction of sp³-hybridized carbons (Fsp3) is 0.435. The summed E-state index contributed by atoms with van der Waals surface area (Å²) in [7, 11) is -2.08. The quantitative estimate of drug-likeness (QED) is 0.602. The number of benzene rings is 2. The second kappa shape index (κ2) is 10.5. The molecule has 0 unspecified atom stereocenters. The molecule has 2 atom stereocenters. The van der Waals surface area contributed by atoms with Crippen molar-refractivity contribution in [2.24, 2.45) is 0 Å². The van der Waals surface area contributed by atoms with E-state index in [0.717, 1.165) is 23.1 Å². The SMILES string of the molecule is CC[C@H](C(=O)N[C@H](C)COc1ccc(OC)cc1)N(c1cc(C)cc(C)c1)S(C)(=O)=O. The molecule has 0 aliphatic carbocycles. The average molecular weight is 449 g/mol. The number of methoxy groups -OCH3 is 1. The third kappa shape index (κ3) is 6.89. The first kappa shape index (κ1) is 24.5. The van der Waals surface area contributed by atoms with Crippen LogP contribution in [0.2, 0.25) is 0 Å². The summed E-state index contributed by atoms with van der Waals surface area (Å²) in [4.78, 5) is 13.0. The Morgan fingerprint density at radius 2 is 1.61 bits per heavy atom. The topological polar surface area (TPSA) is 84.9 Å². The number of carbonyl (C=O) groups is 1. The molecule has 0 aromatic heterocycles. The first-order valence-corrected chi connectivity index (χ1v) is 12.0. The van der Waals surface area contributed by atoms with Gasteiger partial charge in [0.15, 0.2) is 0 Å². The van der Waals surface area contributed by atoms with Gasteiger partial charge >= 0.3 is 0 Å². The average Bonchev–Trinajstić information content (AvgIpc) is 2.68. The molecule has 8 heteroatoms. The molecule has 0 aliphatic heterocycles. The van der Waals surface area contributed by atoms with E-state index in [1.807, 2.05) is 26.8 Å². The Morgan fingerprint density at radius 1 is 1.06 bits per heavy atom. The largest absolute Gasteiger partial charge is 0.497 e. The Balaban J connectivity index is 2.13. The summed E-state index contributed by atoms with van der Waals surface area (Å²) in [6.07, 6.45) is 1.45. The predicted octanol–water partition coefficient (Wildman–Crippen LogP) is 3.44. The van der Waals surface area contributed by atoms with E-state index in [1.54, 1.807) is 50.4 Å². The van der Waals surface area contributed by atoms with Gasteiger partial charge in [-0.3, -0.25) is 9.10 Å². The Labute approximate surface area is 185 Å². The van der Waals surface area contributed by atoms with Crippen molar-refractivity contribution in [1.29, 1.82) is 0 Å². The molecular weight excluding hydrogens is 416 g/mol. The van der Waals surface area contributed by atoms with Crippen molar-refractivity contribution in [3.63, 3.8) is 0 Å². The number of hydrogen-bond donors (Lipinski definition) is 1. The highest BCUT2D eigenvalue weighted by Gasteiger charge is 2.32. The second-order valence-corrected chi connectivity index (χ2v) is 9.58. The number of nitrogens with zero attached hydrogens (tertiary/aromatic N) is 1. The Hall–Kier alpha value is -2.74. The van der Waals surface area contributed by atoms with Crippen molar-refractivity contribution < 1.29 is 22.7 Å². The van der Waals surface area contributed by atoms with E-state index in [2.05, 4.69) is 5.32 Å². The number of sulfonamides is 1. The van der Waals surface area contributed by atoms with Crippen LogP contribution in [-0.2, 0) is 14.8 Å². The number of aryl methyl sites for hydroxylation is 2. The van der Waals surface area contributed by atoms with E-state index in [1.165, 1.54) is 4.31 Å². The minimum absolute atomic E-state index is 0.247. The molecule has 2 aromatic carbocycles. The highest BCUT2D eigenvalue weighted by molar-refractivity contribution is 7.92. The number of anilines is 1. The molecule has 170 valence electrons. The number of ether oxygens (including phenoxy) is 2. The van der Waals surface area contributed by atoms with E-state index in [4.69, 9.17) is 9.47 Å². The molecule has 0 spiro atoms. The lowest BCUT2D eigenvalue weighted by Gasteiger charge is -2.31. The molecule has 1 N–H and O–H groups in total. The van der Waals surface area contributed by atoms with Gasteiger partial charge in [-0.25, -0.2) is 8.42 Å². The molecule has 0 aliphatic rings. The van der Waals surface area contributed by atoms with Gasteiger partial charge in [0.25, 0.3) is 0 Å². The summed E-state index contributed by atoms with van der Waals surface area (Å²) >= 11 is 0. The van der Waals surface area contributed by atoms with E-state index in [0.29, 0.717) is 17.9 Å². The first-order chi connectivity index (χ1) is 14.5. The van der Waals surface area contributed by atoms with E-state index < -0.39 is 16.1 Å². The van der Waals surface area contributed by atoms with Crippen molar-refractivity contribution in [3.8, 4) is 11.5 Å². The molecule has 2 rings (SSSR count). The lowest BCUT2D eigenvalue weighted by atomic mass is 10.1. The highest BCUT2D eigenvalue weighted by Crippen LogP contribution is 2.25. The van der Waals surface area contributed by atoms with Crippen molar-refractivity contribution >= 4 is 21.6 Å². The van der Waals surface area contributed by atoms with Crippen molar-refractivity contribution in [2.45, 2.75) is 46.2 Å². The normalized spacial score (nSPS) is 13.2. The van der Waals surface area contributed by atoms with Crippen LogP contribution in [0.5, 0.6) is 11.5 Å². The van der Waals surface area contributed by atoms with E-state index >= 15 is 0 Å². The summed E-state index contributed by atoms with van der Waals surface area (Å²) in [6.45, 7) is 7.66. The van der Waals surface area contributed by atoms with Crippen LogP contribution in [0.15, 0.2) is 42.5 Å². The molecule has 0 radical (unpaired) electrons.